The van der Waals surface area contributed by atoms with Crippen molar-refractivity contribution in [1.29, 1.82) is 0 Å². The Hall–Kier alpha value is -1.47. The Bertz CT molecular complexity index is 1070. The molecule has 1 atom stereocenters. The summed E-state index contributed by atoms with van der Waals surface area (Å²) in [6.07, 6.45) is 1.87. The molecule has 0 unspecified atom stereocenters. The maximum atomic E-state index is 15.2. The van der Waals surface area contributed by atoms with Gasteiger partial charge in [-0.05, 0) is 91.8 Å². The molecule has 34 heavy (non-hydrogen) atoms. The lowest BCUT2D eigenvalue weighted by Crippen LogP contribution is -2.50. The molecule has 2 aliphatic rings. The number of rotatable bonds is 4. The van der Waals surface area contributed by atoms with Crippen molar-refractivity contribution in [2.45, 2.75) is 45.3 Å². The first-order valence-electron chi connectivity index (χ1n) is 11.4. The van der Waals surface area contributed by atoms with Crippen molar-refractivity contribution in [1.82, 2.24) is 19.8 Å². The molecule has 2 fully saturated rings. The van der Waals surface area contributed by atoms with Crippen molar-refractivity contribution in [2.75, 3.05) is 51.3 Å². The van der Waals surface area contributed by atoms with E-state index in [0.29, 0.717) is 54.5 Å². The molecule has 1 aromatic heterocycles. The monoisotopic (exact) mass is 649 g/mol. The van der Waals surface area contributed by atoms with Crippen LogP contribution in [0.3, 0.4) is 0 Å². The van der Waals surface area contributed by atoms with Gasteiger partial charge in [-0.1, -0.05) is 0 Å². The summed E-state index contributed by atoms with van der Waals surface area (Å²) in [6.45, 7) is 9.13. The fourth-order valence-corrected chi connectivity index (χ4v) is 5.08. The lowest BCUT2D eigenvalue weighted by molar-refractivity contribution is 0.0240. The van der Waals surface area contributed by atoms with Crippen LogP contribution in [0.15, 0.2) is 10.5 Å². The molecule has 3 heterocycles. The Balaban J connectivity index is 1.60. The summed E-state index contributed by atoms with van der Waals surface area (Å²) in [5, 5.41) is 0.626. The van der Waals surface area contributed by atoms with E-state index in [4.69, 9.17) is 14.5 Å². The summed E-state index contributed by atoms with van der Waals surface area (Å²) in [6, 6.07) is 2.35. The summed E-state index contributed by atoms with van der Waals surface area (Å²) in [4.78, 5) is 27.6. The van der Waals surface area contributed by atoms with Crippen LogP contribution in [0.1, 0.15) is 33.6 Å². The molecule has 2 aromatic rings. The first-order valence-corrected chi connectivity index (χ1v) is 13.3. The smallest absolute Gasteiger partial charge is 0.410 e. The van der Waals surface area contributed by atoms with Crippen LogP contribution < -0.4 is 9.64 Å². The Morgan fingerprint density at radius 2 is 1.94 bits per heavy atom. The Morgan fingerprint density at radius 3 is 2.56 bits per heavy atom. The first-order chi connectivity index (χ1) is 16.0. The molecule has 4 rings (SSSR count). The SMILES string of the molecule is CN1CCC[C@H]1COc1nc(N2CCN(C(=O)OC(C)(C)C)CC2)c2cc(I)c(Br)c(F)c2n1. The molecule has 2 saturated heterocycles. The van der Waals surface area contributed by atoms with Gasteiger partial charge in [0.1, 0.15) is 23.5 Å². The van der Waals surface area contributed by atoms with E-state index in [0.717, 1.165) is 23.0 Å². The number of fused-ring (bicyclic) bond motifs is 1. The molecular weight excluding hydrogens is 620 g/mol. The standard InChI is InChI=1S/C23H30BrFIN5O3/c1-23(2,3)34-22(32)31-10-8-30(9-11-31)20-15-12-16(26)17(24)18(25)19(15)27-21(28-20)33-13-14-6-5-7-29(14)4/h12,14H,5-11,13H2,1-4H3/t14-/m0/s1. The molecule has 0 spiro atoms. The third kappa shape index (κ3) is 5.67. The van der Waals surface area contributed by atoms with Crippen molar-refractivity contribution in [3.63, 3.8) is 0 Å². The minimum atomic E-state index is -0.543. The van der Waals surface area contributed by atoms with Gasteiger partial charge in [-0.3, -0.25) is 0 Å². The predicted molar refractivity (Wildman–Crippen MR) is 141 cm³/mol. The minimum absolute atomic E-state index is 0.171. The van der Waals surface area contributed by atoms with Crippen LogP contribution in [0.2, 0.25) is 0 Å². The number of likely N-dealkylation sites (tertiary alicyclic amines) is 1. The van der Waals surface area contributed by atoms with E-state index in [1.165, 1.54) is 0 Å². The number of ether oxygens (including phenoxy) is 2. The molecule has 0 saturated carbocycles. The van der Waals surface area contributed by atoms with Gasteiger partial charge in [0, 0.05) is 41.2 Å². The third-order valence-corrected chi connectivity index (χ3v) is 8.46. The highest BCUT2D eigenvalue weighted by Gasteiger charge is 2.29. The zero-order chi connectivity index (χ0) is 24.6. The van der Waals surface area contributed by atoms with Gasteiger partial charge in [-0.15, -0.1) is 0 Å². The van der Waals surface area contributed by atoms with Crippen LogP contribution >= 0.6 is 38.5 Å². The number of nitrogens with zero attached hydrogens (tertiary/aromatic N) is 5. The van der Waals surface area contributed by atoms with Crippen molar-refractivity contribution in [3.8, 4) is 6.01 Å². The Morgan fingerprint density at radius 1 is 1.24 bits per heavy atom. The highest BCUT2D eigenvalue weighted by molar-refractivity contribution is 14.1. The van der Waals surface area contributed by atoms with Gasteiger partial charge >= 0.3 is 12.1 Å². The number of likely N-dealkylation sites (N-methyl/N-ethyl adjacent to an activating group) is 1. The summed E-state index contributed by atoms with van der Waals surface area (Å²) in [5.74, 6) is 0.189. The minimum Gasteiger partial charge on any atom is -0.462 e. The van der Waals surface area contributed by atoms with Gasteiger partial charge in [0.05, 0.1) is 4.47 Å². The van der Waals surface area contributed by atoms with Gasteiger partial charge in [0.2, 0.25) is 0 Å². The van der Waals surface area contributed by atoms with Crippen LogP contribution in [0.4, 0.5) is 15.0 Å². The number of hydrogen-bond donors (Lipinski definition) is 0. The number of carbonyl (C=O) groups is 1. The van der Waals surface area contributed by atoms with Crippen molar-refractivity contribution in [2.24, 2.45) is 0 Å². The molecule has 186 valence electrons. The largest absolute Gasteiger partial charge is 0.462 e. The lowest BCUT2D eigenvalue weighted by Gasteiger charge is -2.36. The molecule has 8 nitrogen and oxygen atoms in total. The zero-order valence-electron chi connectivity index (χ0n) is 19.9. The average molecular weight is 650 g/mol. The van der Waals surface area contributed by atoms with Crippen LogP contribution in [0.5, 0.6) is 6.01 Å². The van der Waals surface area contributed by atoms with Crippen molar-refractivity contribution < 1.29 is 18.7 Å². The number of amides is 1. The van der Waals surface area contributed by atoms with E-state index < -0.39 is 11.4 Å². The van der Waals surface area contributed by atoms with Crippen LogP contribution in [-0.2, 0) is 4.74 Å². The van der Waals surface area contributed by atoms with Gasteiger partial charge in [-0.25, -0.2) is 9.18 Å². The molecule has 11 heteroatoms. The first kappa shape index (κ1) is 25.6. The lowest BCUT2D eigenvalue weighted by atomic mass is 10.2. The molecule has 2 aliphatic heterocycles. The van der Waals surface area contributed by atoms with Gasteiger partial charge < -0.3 is 24.2 Å². The Kier molecular flexibility index (Phi) is 7.73. The number of aromatic nitrogens is 2. The molecule has 1 amide bonds. The molecule has 0 N–H and O–H groups in total. The molecular formula is C23H30BrFIN5O3. The van der Waals surface area contributed by atoms with E-state index in [1.807, 2.05) is 26.8 Å². The topological polar surface area (TPSA) is 71.0 Å². The number of anilines is 1. The summed E-state index contributed by atoms with van der Waals surface area (Å²) < 4.78 is 27.8. The number of hydrogen-bond acceptors (Lipinski definition) is 7. The number of halogens is 3. The molecule has 0 aliphatic carbocycles. The van der Waals surface area contributed by atoms with E-state index >= 15 is 4.39 Å². The second kappa shape index (κ2) is 10.3. The maximum absolute atomic E-state index is 15.2. The molecule has 1 aromatic carbocycles. The average Bonchev–Trinajstić information content (AvgIpc) is 3.19. The van der Waals surface area contributed by atoms with E-state index in [9.17, 15) is 4.79 Å². The summed E-state index contributed by atoms with van der Waals surface area (Å²) >= 11 is 5.43. The second-order valence-corrected chi connectivity index (χ2v) is 11.7. The fourth-order valence-electron chi connectivity index (χ4n) is 4.23. The maximum Gasteiger partial charge on any atom is 0.410 e. The highest BCUT2D eigenvalue weighted by Crippen LogP contribution is 2.35. The van der Waals surface area contributed by atoms with Crippen LogP contribution in [0.25, 0.3) is 10.9 Å². The van der Waals surface area contributed by atoms with Gasteiger partial charge in [0.15, 0.2) is 5.82 Å². The highest BCUT2D eigenvalue weighted by atomic mass is 127. The molecule has 0 radical (unpaired) electrons. The number of carbonyl (C=O) groups excluding carboxylic acids is 1. The van der Waals surface area contributed by atoms with E-state index in [2.05, 4.69) is 60.4 Å². The van der Waals surface area contributed by atoms with E-state index in [-0.39, 0.29) is 17.6 Å². The number of benzene rings is 1. The van der Waals surface area contributed by atoms with Crippen LogP contribution in [-0.4, -0.2) is 83.9 Å². The number of piperazine rings is 1. The summed E-state index contributed by atoms with van der Waals surface area (Å²) in [7, 11) is 2.08. The predicted octanol–water partition coefficient (Wildman–Crippen LogP) is 4.67. The van der Waals surface area contributed by atoms with Gasteiger partial charge in [-0.2, -0.15) is 9.97 Å². The molecule has 0 bridgehead atoms. The van der Waals surface area contributed by atoms with Gasteiger partial charge in [0.25, 0.3) is 0 Å². The van der Waals surface area contributed by atoms with Crippen molar-refractivity contribution >= 4 is 61.3 Å². The summed E-state index contributed by atoms with van der Waals surface area (Å²) in [5.41, 5.74) is -0.320. The normalized spacial score (nSPS) is 19.7. The fraction of sp³-hybridized carbons (Fsp3) is 0.609. The Labute approximate surface area is 221 Å². The zero-order valence-corrected chi connectivity index (χ0v) is 23.6. The third-order valence-electron chi connectivity index (χ3n) is 6.09. The van der Waals surface area contributed by atoms with Crippen LogP contribution in [0, 0.1) is 9.39 Å². The van der Waals surface area contributed by atoms with Crippen molar-refractivity contribution in [3.05, 3.63) is 19.9 Å². The second-order valence-electron chi connectivity index (χ2n) is 9.75. The van der Waals surface area contributed by atoms with E-state index in [1.54, 1.807) is 4.90 Å². The quantitative estimate of drug-likeness (QED) is 0.352.